The maximum absolute atomic E-state index is 13.0. The number of sulfonamides is 1. The monoisotopic (exact) mass is 440 g/mol. The molecule has 13 heteroatoms. The zero-order valence-electron chi connectivity index (χ0n) is 14.3. The summed E-state index contributed by atoms with van der Waals surface area (Å²) in [7, 11) is -4.36. The van der Waals surface area contributed by atoms with Crippen molar-refractivity contribution in [2.75, 3.05) is 6.54 Å². The SMILES string of the molecule is NC(=O)[C@@H](CCC(F)(F)F)N(CCc1ncon1)S(=O)(=O)c1ccc(Cl)cc1. The molecule has 1 aromatic heterocycles. The number of nitrogens with zero attached hydrogens (tertiary/aromatic N) is 3. The van der Waals surface area contributed by atoms with Gasteiger partial charge < -0.3 is 10.3 Å². The third-order valence-electron chi connectivity index (χ3n) is 3.76. The third kappa shape index (κ3) is 5.91. The third-order valence-corrected chi connectivity index (χ3v) is 5.93. The number of aromatic nitrogens is 2. The summed E-state index contributed by atoms with van der Waals surface area (Å²) in [5, 5.41) is 3.79. The molecule has 0 fully saturated rings. The van der Waals surface area contributed by atoms with Crippen LogP contribution in [0.25, 0.3) is 0 Å². The highest BCUT2D eigenvalue weighted by Gasteiger charge is 2.38. The highest BCUT2D eigenvalue weighted by Crippen LogP contribution is 2.27. The minimum Gasteiger partial charge on any atom is -0.368 e. The molecular formula is C15H16ClF3N4O4S. The van der Waals surface area contributed by atoms with Crippen LogP contribution in [0.1, 0.15) is 18.7 Å². The number of carbonyl (C=O) groups excluding carboxylic acids is 1. The summed E-state index contributed by atoms with van der Waals surface area (Å²) >= 11 is 5.75. The van der Waals surface area contributed by atoms with Crippen LogP contribution in [0.4, 0.5) is 13.2 Å². The Bertz CT molecular complexity index is 889. The van der Waals surface area contributed by atoms with E-state index in [1.165, 1.54) is 24.3 Å². The molecule has 1 amide bonds. The van der Waals surface area contributed by atoms with Crippen molar-refractivity contribution in [1.29, 1.82) is 0 Å². The van der Waals surface area contributed by atoms with Crippen LogP contribution in [-0.2, 0) is 21.2 Å². The van der Waals surface area contributed by atoms with Gasteiger partial charge in [0.1, 0.15) is 6.04 Å². The van der Waals surface area contributed by atoms with Gasteiger partial charge in [-0.2, -0.15) is 22.5 Å². The van der Waals surface area contributed by atoms with Crippen molar-refractivity contribution in [3.05, 3.63) is 41.5 Å². The molecule has 0 bridgehead atoms. The van der Waals surface area contributed by atoms with Gasteiger partial charge in [0, 0.05) is 24.4 Å². The first-order valence-corrected chi connectivity index (χ1v) is 9.71. The van der Waals surface area contributed by atoms with E-state index in [1.807, 2.05) is 0 Å². The quantitative estimate of drug-likeness (QED) is 0.638. The van der Waals surface area contributed by atoms with Crippen molar-refractivity contribution in [3.63, 3.8) is 0 Å². The Morgan fingerprint density at radius 2 is 1.93 bits per heavy atom. The Labute approximate surface area is 163 Å². The van der Waals surface area contributed by atoms with E-state index in [4.69, 9.17) is 17.3 Å². The predicted molar refractivity (Wildman–Crippen MR) is 91.6 cm³/mol. The van der Waals surface area contributed by atoms with Crippen molar-refractivity contribution in [1.82, 2.24) is 14.4 Å². The van der Waals surface area contributed by atoms with Crippen molar-refractivity contribution in [2.24, 2.45) is 5.73 Å². The Hall–Kier alpha value is -2.18. The molecule has 0 saturated heterocycles. The number of primary amides is 1. The second kappa shape index (κ2) is 8.88. The minimum atomic E-state index is -4.59. The van der Waals surface area contributed by atoms with Gasteiger partial charge in [0.15, 0.2) is 5.82 Å². The zero-order chi connectivity index (χ0) is 20.9. The highest BCUT2D eigenvalue weighted by atomic mass is 35.5. The number of benzene rings is 1. The Morgan fingerprint density at radius 3 is 2.43 bits per heavy atom. The number of rotatable bonds is 9. The van der Waals surface area contributed by atoms with Gasteiger partial charge in [0.2, 0.25) is 22.3 Å². The first-order valence-electron chi connectivity index (χ1n) is 7.89. The second-order valence-electron chi connectivity index (χ2n) is 5.74. The molecule has 0 radical (unpaired) electrons. The number of carbonyl (C=O) groups is 1. The van der Waals surface area contributed by atoms with E-state index < -0.39 is 41.0 Å². The number of nitrogens with two attached hydrogens (primary N) is 1. The van der Waals surface area contributed by atoms with Gasteiger partial charge >= 0.3 is 6.18 Å². The van der Waals surface area contributed by atoms with Gasteiger partial charge in [-0.3, -0.25) is 4.79 Å². The fourth-order valence-corrected chi connectivity index (χ4v) is 4.18. The Balaban J connectivity index is 2.38. The topological polar surface area (TPSA) is 119 Å². The molecule has 8 nitrogen and oxygen atoms in total. The van der Waals surface area contributed by atoms with E-state index >= 15 is 0 Å². The van der Waals surface area contributed by atoms with Gasteiger partial charge in [0.25, 0.3) is 0 Å². The summed E-state index contributed by atoms with van der Waals surface area (Å²) in [5.41, 5.74) is 5.23. The smallest absolute Gasteiger partial charge is 0.368 e. The van der Waals surface area contributed by atoms with Gasteiger partial charge in [-0.25, -0.2) is 8.42 Å². The van der Waals surface area contributed by atoms with E-state index in [2.05, 4.69) is 14.7 Å². The number of alkyl halides is 3. The average molecular weight is 441 g/mol. The molecule has 1 heterocycles. The fraction of sp³-hybridized carbons (Fsp3) is 0.400. The molecule has 0 spiro atoms. The highest BCUT2D eigenvalue weighted by molar-refractivity contribution is 7.89. The first-order chi connectivity index (χ1) is 13.0. The number of hydrogen-bond acceptors (Lipinski definition) is 6. The van der Waals surface area contributed by atoms with E-state index in [1.54, 1.807) is 0 Å². The van der Waals surface area contributed by atoms with Crippen molar-refractivity contribution in [3.8, 4) is 0 Å². The molecule has 1 aromatic carbocycles. The van der Waals surface area contributed by atoms with Gasteiger partial charge in [-0.1, -0.05) is 16.8 Å². The molecule has 0 aliphatic rings. The van der Waals surface area contributed by atoms with Crippen molar-refractivity contribution < 1.29 is 30.9 Å². The van der Waals surface area contributed by atoms with E-state index in [9.17, 15) is 26.4 Å². The summed E-state index contributed by atoms with van der Waals surface area (Å²) in [6.45, 7) is -0.379. The van der Waals surface area contributed by atoms with Crippen LogP contribution < -0.4 is 5.73 Å². The standard InChI is InChI=1S/C15H16ClF3N4O4S/c16-10-1-3-11(4-2-10)28(25,26)23(8-6-13-21-9-27-22-13)12(14(20)24)5-7-15(17,18)19/h1-4,9,12H,5-8H2,(H2,20,24)/t12-/m1/s1. The Kier molecular flexibility index (Phi) is 7.01. The van der Waals surface area contributed by atoms with Crippen LogP contribution >= 0.6 is 11.6 Å². The predicted octanol–water partition coefficient (Wildman–Crippen LogP) is 2.15. The Morgan fingerprint density at radius 1 is 1.29 bits per heavy atom. The summed E-state index contributed by atoms with van der Waals surface area (Å²) in [6, 6.07) is 3.26. The lowest BCUT2D eigenvalue weighted by atomic mass is 10.1. The van der Waals surface area contributed by atoms with Crippen LogP contribution in [-0.4, -0.2) is 47.5 Å². The normalized spacial score (nSPS) is 13.6. The van der Waals surface area contributed by atoms with E-state index in [-0.39, 0.29) is 28.7 Å². The molecule has 2 N–H and O–H groups in total. The van der Waals surface area contributed by atoms with Crippen molar-refractivity contribution >= 4 is 27.5 Å². The van der Waals surface area contributed by atoms with Crippen molar-refractivity contribution in [2.45, 2.75) is 36.4 Å². The molecule has 2 aromatic rings. The molecule has 1 atom stereocenters. The summed E-state index contributed by atoms with van der Waals surface area (Å²) in [4.78, 5) is 15.3. The first kappa shape index (κ1) is 22.1. The minimum absolute atomic E-state index is 0.0981. The van der Waals surface area contributed by atoms with Crippen LogP contribution in [0.15, 0.2) is 40.1 Å². The zero-order valence-corrected chi connectivity index (χ0v) is 15.8. The molecule has 28 heavy (non-hydrogen) atoms. The van der Waals surface area contributed by atoms with E-state index in [0.29, 0.717) is 4.31 Å². The maximum Gasteiger partial charge on any atom is 0.389 e. The van der Waals surface area contributed by atoms with Gasteiger partial charge in [-0.15, -0.1) is 0 Å². The number of halogens is 4. The molecule has 0 saturated carbocycles. The van der Waals surface area contributed by atoms with Crippen LogP contribution in [0.3, 0.4) is 0 Å². The fourth-order valence-electron chi connectivity index (χ4n) is 2.43. The molecule has 154 valence electrons. The molecular weight excluding hydrogens is 425 g/mol. The van der Waals surface area contributed by atoms with Crippen LogP contribution in [0.5, 0.6) is 0 Å². The lowest BCUT2D eigenvalue weighted by Crippen LogP contribution is -2.49. The van der Waals surface area contributed by atoms with Gasteiger partial charge in [-0.05, 0) is 30.7 Å². The summed E-state index contributed by atoms with van der Waals surface area (Å²) < 4.78 is 69.1. The number of hydrogen-bond donors (Lipinski definition) is 1. The molecule has 0 aliphatic heterocycles. The largest absolute Gasteiger partial charge is 0.389 e. The average Bonchev–Trinajstić information content (AvgIpc) is 3.10. The molecule has 0 aliphatic carbocycles. The summed E-state index contributed by atoms with van der Waals surface area (Å²) in [5.74, 6) is -1.08. The number of amides is 1. The van der Waals surface area contributed by atoms with Crippen LogP contribution in [0.2, 0.25) is 5.02 Å². The lowest BCUT2D eigenvalue weighted by Gasteiger charge is -2.29. The van der Waals surface area contributed by atoms with Crippen LogP contribution in [0, 0.1) is 0 Å². The molecule has 0 unspecified atom stereocenters. The van der Waals surface area contributed by atoms with Gasteiger partial charge in [0.05, 0.1) is 4.90 Å². The van der Waals surface area contributed by atoms with E-state index in [0.717, 1.165) is 6.39 Å². The maximum atomic E-state index is 13.0. The summed E-state index contributed by atoms with van der Waals surface area (Å²) in [6.07, 6.45) is -5.87. The second-order valence-corrected chi connectivity index (χ2v) is 8.07. The lowest BCUT2D eigenvalue weighted by molar-refractivity contribution is -0.140. The molecule has 2 rings (SSSR count).